The maximum absolute atomic E-state index is 14.2. The van der Waals surface area contributed by atoms with E-state index in [2.05, 4.69) is 40.3 Å². The van der Waals surface area contributed by atoms with Gasteiger partial charge in [-0.1, -0.05) is 12.8 Å². The number of hydrogen-bond acceptors (Lipinski definition) is 9. The van der Waals surface area contributed by atoms with Crippen molar-refractivity contribution >= 4 is 28.5 Å². The van der Waals surface area contributed by atoms with Crippen LogP contribution in [0.4, 0.5) is 43.7 Å². The Kier molecular flexibility index (Phi) is 7.29. The number of fused-ring (bicyclic) bond motifs is 1. The third-order valence-electron chi connectivity index (χ3n) is 7.61. The molecule has 9 nitrogen and oxygen atoms in total. The smallest absolute Gasteiger partial charge is 0.353 e. The van der Waals surface area contributed by atoms with Crippen molar-refractivity contribution in [1.29, 1.82) is 0 Å². The molecule has 4 aromatic heterocycles. The number of hydrogen-bond donors (Lipinski definition) is 1. The maximum atomic E-state index is 14.2. The first-order valence-corrected chi connectivity index (χ1v) is 13.4. The molecule has 5 heterocycles. The average Bonchev–Trinajstić information content (AvgIpc) is 3.52. The highest BCUT2D eigenvalue weighted by Crippen LogP contribution is 2.37. The second-order valence-electron chi connectivity index (χ2n) is 10.3. The molecule has 0 aromatic carbocycles. The lowest BCUT2D eigenvalue weighted by molar-refractivity contribution is -0.138. The fourth-order valence-electron chi connectivity index (χ4n) is 5.44. The van der Waals surface area contributed by atoms with Gasteiger partial charge in [0.05, 0.1) is 23.0 Å². The Morgan fingerprint density at radius 1 is 0.810 bits per heavy atom. The third kappa shape index (κ3) is 5.78. The minimum absolute atomic E-state index is 0.00597. The molecule has 0 spiro atoms. The summed E-state index contributed by atoms with van der Waals surface area (Å²) in [6.07, 6.45) is -1.33. The number of halogens is 6. The van der Waals surface area contributed by atoms with Gasteiger partial charge in [-0.3, -0.25) is 4.90 Å². The summed E-state index contributed by atoms with van der Waals surface area (Å²) in [4.78, 5) is 20.6. The molecule has 2 fully saturated rings. The average molecular weight is 590 g/mol. The first-order valence-electron chi connectivity index (χ1n) is 13.4. The maximum Gasteiger partial charge on any atom is 0.418 e. The second-order valence-corrected chi connectivity index (χ2v) is 10.3. The van der Waals surface area contributed by atoms with Crippen LogP contribution in [-0.4, -0.2) is 67.3 Å². The summed E-state index contributed by atoms with van der Waals surface area (Å²) in [5, 5.41) is 10.9. The van der Waals surface area contributed by atoms with E-state index in [1.54, 1.807) is 0 Å². The Hall–Kier alpha value is -4.14. The first-order chi connectivity index (χ1) is 20.1. The lowest BCUT2D eigenvalue weighted by atomic mass is 10.1. The summed E-state index contributed by atoms with van der Waals surface area (Å²) in [7, 11) is 0. The summed E-state index contributed by atoms with van der Waals surface area (Å²) in [6, 6.07) is 5.07. The summed E-state index contributed by atoms with van der Waals surface area (Å²) >= 11 is 0. The van der Waals surface area contributed by atoms with Gasteiger partial charge in [0.2, 0.25) is 0 Å². The highest BCUT2D eigenvalue weighted by Gasteiger charge is 2.37. The normalized spacial score (nSPS) is 17.2. The molecule has 0 bridgehead atoms. The van der Waals surface area contributed by atoms with Crippen LogP contribution in [0.25, 0.3) is 22.6 Å². The van der Waals surface area contributed by atoms with Gasteiger partial charge in [-0.15, -0.1) is 10.2 Å². The molecule has 0 atom stereocenters. The molecule has 1 saturated heterocycles. The highest BCUT2D eigenvalue weighted by molar-refractivity contribution is 5.87. The lowest BCUT2D eigenvalue weighted by Gasteiger charge is -2.38. The van der Waals surface area contributed by atoms with Gasteiger partial charge in [-0.05, 0) is 37.1 Å². The fraction of sp³-hybridized carbons (Fsp3) is 0.407. The van der Waals surface area contributed by atoms with E-state index >= 15 is 0 Å². The minimum Gasteiger partial charge on any atom is -0.353 e. The van der Waals surface area contributed by atoms with E-state index in [0.29, 0.717) is 31.0 Å². The van der Waals surface area contributed by atoms with Crippen LogP contribution in [0.15, 0.2) is 42.9 Å². The lowest BCUT2D eigenvalue weighted by Crippen LogP contribution is -2.50. The Labute approximate surface area is 236 Å². The van der Waals surface area contributed by atoms with Crippen LogP contribution in [0.1, 0.15) is 36.8 Å². The van der Waals surface area contributed by atoms with E-state index in [9.17, 15) is 26.3 Å². The molecule has 2 aliphatic rings. The van der Waals surface area contributed by atoms with Gasteiger partial charge >= 0.3 is 12.4 Å². The molecular weight excluding hydrogens is 564 g/mol. The third-order valence-corrected chi connectivity index (χ3v) is 7.61. The van der Waals surface area contributed by atoms with Crippen molar-refractivity contribution < 1.29 is 26.3 Å². The largest absolute Gasteiger partial charge is 0.418 e. The SMILES string of the molecule is FC(F)(F)c1ccc(Nc2ccnc3nc(-c4nnc(N5CCN(C6CCCC6)CC5)cc4C(F)(F)F)cnc23)nc1. The van der Waals surface area contributed by atoms with E-state index in [1.165, 1.54) is 25.1 Å². The summed E-state index contributed by atoms with van der Waals surface area (Å²) < 4.78 is 81.2. The Morgan fingerprint density at radius 3 is 2.24 bits per heavy atom. The van der Waals surface area contributed by atoms with Crippen molar-refractivity contribution in [3.63, 3.8) is 0 Å². The molecule has 4 aromatic rings. The molecule has 1 saturated carbocycles. The monoisotopic (exact) mass is 589 g/mol. The summed E-state index contributed by atoms with van der Waals surface area (Å²) in [5.41, 5.74) is -2.04. The molecule has 0 amide bonds. The zero-order chi connectivity index (χ0) is 29.5. The molecule has 0 unspecified atom stereocenters. The Bertz CT molecular complexity index is 1560. The van der Waals surface area contributed by atoms with Gasteiger partial charge in [-0.2, -0.15) is 26.3 Å². The quantitative estimate of drug-likeness (QED) is 0.293. The van der Waals surface area contributed by atoms with Gasteiger partial charge in [0.1, 0.15) is 22.7 Å². The molecule has 220 valence electrons. The Balaban J connectivity index is 1.25. The summed E-state index contributed by atoms with van der Waals surface area (Å²) in [5.74, 6) is 0.255. The number of rotatable bonds is 5. The number of pyridine rings is 2. The molecule has 6 rings (SSSR count). The highest BCUT2D eigenvalue weighted by atomic mass is 19.4. The molecule has 0 radical (unpaired) electrons. The number of anilines is 3. The van der Waals surface area contributed by atoms with Crippen molar-refractivity contribution in [3.05, 3.63) is 54.0 Å². The van der Waals surface area contributed by atoms with Crippen LogP contribution in [-0.2, 0) is 12.4 Å². The number of nitrogens with zero attached hydrogens (tertiary/aromatic N) is 8. The standard InChI is InChI=1S/C27H25F6N9/c28-26(29,30)16-5-6-21(35-14-16)37-19-7-8-34-25-24(19)36-15-20(38-25)23-18(27(31,32)33)13-22(39-40-23)42-11-9-41(10-12-42)17-3-1-2-4-17/h5-8,13-15,17H,1-4,9-12H2,(H,34,35,37,38). The first kappa shape index (κ1) is 28.0. The second kappa shape index (κ2) is 10.9. The van der Waals surface area contributed by atoms with E-state index in [1.807, 2.05) is 4.90 Å². The number of piperazine rings is 1. The van der Waals surface area contributed by atoms with Gasteiger partial charge < -0.3 is 10.2 Å². The molecule has 42 heavy (non-hydrogen) atoms. The van der Waals surface area contributed by atoms with E-state index in [-0.39, 0.29) is 28.5 Å². The zero-order valence-electron chi connectivity index (χ0n) is 22.1. The Morgan fingerprint density at radius 2 is 1.57 bits per heavy atom. The van der Waals surface area contributed by atoms with Gasteiger partial charge in [0, 0.05) is 44.6 Å². The van der Waals surface area contributed by atoms with Crippen molar-refractivity contribution in [1.82, 2.24) is 35.0 Å². The topological polar surface area (TPSA) is 95.8 Å². The van der Waals surface area contributed by atoms with Crippen LogP contribution < -0.4 is 10.2 Å². The minimum atomic E-state index is -4.73. The number of alkyl halides is 6. The van der Waals surface area contributed by atoms with E-state index in [4.69, 9.17) is 0 Å². The van der Waals surface area contributed by atoms with Crippen molar-refractivity contribution in [2.75, 3.05) is 36.4 Å². The molecule has 1 aliphatic carbocycles. The van der Waals surface area contributed by atoms with E-state index < -0.39 is 29.2 Å². The molecule has 1 N–H and O–H groups in total. The van der Waals surface area contributed by atoms with Crippen LogP contribution in [0.5, 0.6) is 0 Å². The van der Waals surface area contributed by atoms with E-state index in [0.717, 1.165) is 50.3 Å². The predicted molar refractivity (Wildman–Crippen MR) is 142 cm³/mol. The molecule has 15 heteroatoms. The van der Waals surface area contributed by atoms with Gasteiger partial charge in [0.25, 0.3) is 0 Å². The van der Waals surface area contributed by atoms with Crippen LogP contribution >= 0.6 is 0 Å². The summed E-state index contributed by atoms with van der Waals surface area (Å²) in [6.45, 7) is 2.64. The fourth-order valence-corrected chi connectivity index (χ4v) is 5.44. The van der Waals surface area contributed by atoms with Gasteiger partial charge in [-0.25, -0.2) is 19.9 Å². The van der Waals surface area contributed by atoms with Crippen LogP contribution in [0, 0.1) is 0 Å². The van der Waals surface area contributed by atoms with Crippen molar-refractivity contribution in [2.45, 2.75) is 44.1 Å². The molecular formula is C27H25F6N9. The van der Waals surface area contributed by atoms with Crippen molar-refractivity contribution in [2.24, 2.45) is 0 Å². The van der Waals surface area contributed by atoms with Crippen LogP contribution in [0.3, 0.4) is 0 Å². The van der Waals surface area contributed by atoms with Crippen molar-refractivity contribution in [3.8, 4) is 11.4 Å². The number of nitrogens with one attached hydrogen (secondary N) is 1. The molecule has 1 aliphatic heterocycles. The van der Waals surface area contributed by atoms with Crippen LogP contribution in [0.2, 0.25) is 0 Å². The predicted octanol–water partition coefficient (Wildman–Crippen LogP) is 5.72. The number of aromatic nitrogens is 6. The van der Waals surface area contributed by atoms with Gasteiger partial charge in [0.15, 0.2) is 11.5 Å². The zero-order valence-corrected chi connectivity index (χ0v) is 22.1.